The Kier molecular flexibility index (Phi) is 4.09. The van der Waals surface area contributed by atoms with Gasteiger partial charge in [0, 0.05) is 24.5 Å². The van der Waals surface area contributed by atoms with Crippen molar-refractivity contribution in [3.05, 3.63) is 42.1 Å². The molecule has 0 spiro atoms. The van der Waals surface area contributed by atoms with Crippen molar-refractivity contribution in [2.24, 2.45) is 0 Å². The zero-order chi connectivity index (χ0) is 14.5. The van der Waals surface area contributed by atoms with E-state index in [1.54, 1.807) is 13.3 Å². The smallest absolute Gasteiger partial charge is 0.214 e. The van der Waals surface area contributed by atoms with Gasteiger partial charge in [0.2, 0.25) is 5.88 Å². The van der Waals surface area contributed by atoms with Gasteiger partial charge in [0.15, 0.2) is 11.5 Å². The second-order valence-electron chi connectivity index (χ2n) is 4.74. The number of pyridine rings is 1. The van der Waals surface area contributed by atoms with Crippen molar-refractivity contribution in [2.75, 3.05) is 32.2 Å². The molecule has 0 atom stereocenters. The van der Waals surface area contributed by atoms with Crippen LogP contribution in [0.25, 0.3) is 0 Å². The van der Waals surface area contributed by atoms with E-state index in [0.29, 0.717) is 19.1 Å². The molecule has 2 heterocycles. The maximum absolute atomic E-state index is 5.59. The number of aromatic nitrogens is 1. The van der Waals surface area contributed by atoms with E-state index < -0.39 is 0 Å². The van der Waals surface area contributed by atoms with Crippen LogP contribution in [0.1, 0.15) is 5.56 Å². The van der Waals surface area contributed by atoms with Gasteiger partial charge < -0.3 is 19.5 Å². The van der Waals surface area contributed by atoms with Gasteiger partial charge in [-0.15, -0.1) is 0 Å². The normalized spacial score (nSPS) is 12.8. The van der Waals surface area contributed by atoms with Gasteiger partial charge in [-0.1, -0.05) is 6.07 Å². The molecule has 3 rings (SSSR count). The van der Waals surface area contributed by atoms with Crippen LogP contribution in [-0.2, 0) is 6.42 Å². The first kappa shape index (κ1) is 13.5. The van der Waals surface area contributed by atoms with Crippen LogP contribution in [0.5, 0.6) is 17.4 Å². The molecular weight excluding hydrogens is 268 g/mol. The molecule has 2 aromatic rings. The second-order valence-corrected chi connectivity index (χ2v) is 4.74. The molecule has 21 heavy (non-hydrogen) atoms. The molecule has 1 aromatic heterocycles. The molecule has 1 aliphatic rings. The van der Waals surface area contributed by atoms with Crippen molar-refractivity contribution >= 4 is 5.69 Å². The van der Waals surface area contributed by atoms with Crippen LogP contribution in [-0.4, -0.2) is 31.9 Å². The summed E-state index contributed by atoms with van der Waals surface area (Å²) in [5.74, 6) is 2.28. The molecule has 110 valence electrons. The quantitative estimate of drug-likeness (QED) is 0.915. The highest BCUT2D eigenvalue weighted by Crippen LogP contribution is 2.30. The Balaban J connectivity index is 1.57. The molecule has 0 fully saturated rings. The summed E-state index contributed by atoms with van der Waals surface area (Å²) in [5, 5.41) is 3.36. The summed E-state index contributed by atoms with van der Waals surface area (Å²) in [4.78, 5) is 4.08. The van der Waals surface area contributed by atoms with Gasteiger partial charge in [-0.25, -0.2) is 4.98 Å². The topological polar surface area (TPSA) is 52.6 Å². The van der Waals surface area contributed by atoms with Gasteiger partial charge in [-0.3, -0.25) is 0 Å². The van der Waals surface area contributed by atoms with Gasteiger partial charge in [-0.05, 0) is 30.2 Å². The van der Waals surface area contributed by atoms with Crippen molar-refractivity contribution in [3.63, 3.8) is 0 Å². The maximum Gasteiger partial charge on any atom is 0.214 e. The fraction of sp³-hybridized carbons (Fsp3) is 0.312. The average Bonchev–Trinajstić information content (AvgIpc) is 2.55. The van der Waals surface area contributed by atoms with Gasteiger partial charge >= 0.3 is 0 Å². The number of rotatable bonds is 5. The lowest BCUT2D eigenvalue weighted by Crippen LogP contribution is -2.15. The molecule has 5 heteroatoms. The van der Waals surface area contributed by atoms with E-state index in [2.05, 4.69) is 16.4 Å². The number of nitrogens with one attached hydrogen (secondary N) is 1. The second kappa shape index (κ2) is 6.35. The van der Waals surface area contributed by atoms with Crippen molar-refractivity contribution in [1.82, 2.24) is 4.98 Å². The Hall–Kier alpha value is -2.43. The van der Waals surface area contributed by atoms with Crippen LogP contribution < -0.4 is 19.5 Å². The van der Waals surface area contributed by atoms with E-state index in [4.69, 9.17) is 14.2 Å². The molecule has 1 aliphatic heterocycles. The molecule has 0 radical (unpaired) electrons. The third kappa shape index (κ3) is 3.37. The van der Waals surface area contributed by atoms with E-state index in [1.807, 2.05) is 24.3 Å². The number of hydrogen-bond donors (Lipinski definition) is 1. The summed E-state index contributed by atoms with van der Waals surface area (Å²) in [6.07, 6.45) is 2.63. The van der Waals surface area contributed by atoms with Crippen molar-refractivity contribution < 1.29 is 14.2 Å². The lowest BCUT2D eigenvalue weighted by molar-refractivity contribution is 0.171. The number of benzene rings is 1. The van der Waals surface area contributed by atoms with Gasteiger partial charge in [0.05, 0.1) is 7.11 Å². The summed E-state index contributed by atoms with van der Waals surface area (Å²) in [6, 6.07) is 9.89. The number of ether oxygens (including phenoxy) is 3. The van der Waals surface area contributed by atoms with Crippen LogP contribution in [0.4, 0.5) is 5.69 Å². The molecule has 0 unspecified atom stereocenters. The predicted molar refractivity (Wildman–Crippen MR) is 80.4 cm³/mol. The molecule has 5 nitrogen and oxygen atoms in total. The number of nitrogens with zero attached hydrogens (tertiary/aromatic N) is 1. The van der Waals surface area contributed by atoms with Crippen molar-refractivity contribution in [2.45, 2.75) is 6.42 Å². The van der Waals surface area contributed by atoms with E-state index in [0.717, 1.165) is 30.2 Å². The molecule has 1 aromatic carbocycles. The van der Waals surface area contributed by atoms with Crippen LogP contribution in [0, 0.1) is 0 Å². The number of anilines is 1. The Bertz CT molecular complexity index is 616. The Labute approximate surface area is 123 Å². The molecule has 0 aliphatic carbocycles. The first-order chi connectivity index (χ1) is 10.3. The highest BCUT2D eigenvalue weighted by atomic mass is 16.6. The van der Waals surface area contributed by atoms with Gasteiger partial charge in [0.1, 0.15) is 13.2 Å². The summed E-state index contributed by atoms with van der Waals surface area (Å²) in [5.41, 5.74) is 2.21. The van der Waals surface area contributed by atoms with Gasteiger partial charge in [-0.2, -0.15) is 0 Å². The highest BCUT2D eigenvalue weighted by molar-refractivity contribution is 5.46. The van der Waals surface area contributed by atoms with Crippen LogP contribution in [0.2, 0.25) is 0 Å². The average molecular weight is 286 g/mol. The SMILES string of the molecule is COc1cc(NCCc2ccc3c(c2)OCCO3)ccn1. The molecular formula is C16H18N2O3. The monoisotopic (exact) mass is 286 g/mol. The maximum atomic E-state index is 5.59. The summed E-state index contributed by atoms with van der Waals surface area (Å²) in [7, 11) is 1.61. The predicted octanol–water partition coefficient (Wildman–Crippen LogP) is 2.52. The van der Waals surface area contributed by atoms with Gasteiger partial charge in [0.25, 0.3) is 0 Å². The molecule has 0 bridgehead atoms. The highest BCUT2D eigenvalue weighted by Gasteiger charge is 2.11. The van der Waals surface area contributed by atoms with E-state index >= 15 is 0 Å². The summed E-state index contributed by atoms with van der Waals surface area (Å²) in [6.45, 7) is 2.07. The van der Waals surface area contributed by atoms with Crippen LogP contribution in [0.3, 0.4) is 0 Å². The summed E-state index contributed by atoms with van der Waals surface area (Å²) >= 11 is 0. The summed E-state index contributed by atoms with van der Waals surface area (Å²) < 4.78 is 16.2. The van der Waals surface area contributed by atoms with Crippen molar-refractivity contribution in [3.8, 4) is 17.4 Å². The Morgan fingerprint density at radius 3 is 2.86 bits per heavy atom. The van der Waals surface area contributed by atoms with Crippen LogP contribution in [0.15, 0.2) is 36.5 Å². The first-order valence-corrected chi connectivity index (χ1v) is 6.97. The lowest BCUT2D eigenvalue weighted by Gasteiger charge is -2.19. The number of fused-ring (bicyclic) bond motifs is 1. The number of methoxy groups -OCH3 is 1. The van der Waals surface area contributed by atoms with Crippen molar-refractivity contribution in [1.29, 1.82) is 0 Å². The lowest BCUT2D eigenvalue weighted by atomic mass is 10.1. The Morgan fingerprint density at radius 2 is 2.00 bits per heavy atom. The van der Waals surface area contributed by atoms with E-state index in [9.17, 15) is 0 Å². The molecule has 1 N–H and O–H groups in total. The minimum absolute atomic E-state index is 0.610. The van der Waals surface area contributed by atoms with E-state index in [1.165, 1.54) is 5.56 Å². The zero-order valence-electron chi connectivity index (χ0n) is 12.0. The molecule has 0 amide bonds. The minimum atomic E-state index is 0.610. The third-order valence-electron chi connectivity index (χ3n) is 3.29. The van der Waals surface area contributed by atoms with E-state index in [-0.39, 0.29) is 0 Å². The van der Waals surface area contributed by atoms with Crippen LogP contribution >= 0.6 is 0 Å². The standard InChI is InChI=1S/C16H18N2O3/c1-19-16-11-13(5-7-18-16)17-6-4-12-2-3-14-15(10-12)21-9-8-20-14/h2-3,5,7,10-11H,4,6,8-9H2,1H3,(H,17,18). The number of hydrogen-bond acceptors (Lipinski definition) is 5. The third-order valence-corrected chi connectivity index (χ3v) is 3.29. The molecule has 0 saturated heterocycles. The minimum Gasteiger partial charge on any atom is -0.486 e. The fourth-order valence-corrected chi connectivity index (χ4v) is 2.23. The molecule has 0 saturated carbocycles. The zero-order valence-corrected chi connectivity index (χ0v) is 12.0. The Morgan fingerprint density at radius 1 is 1.14 bits per heavy atom. The largest absolute Gasteiger partial charge is 0.486 e. The first-order valence-electron chi connectivity index (χ1n) is 6.97. The fourth-order valence-electron chi connectivity index (χ4n) is 2.23.